The molecule has 0 saturated carbocycles. The third-order valence-corrected chi connectivity index (χ3v) is 6.31. The molecular weight excluding hydrogens is 473 g/mol. The summed E-state index contributed by atoms with van der Waals surface area (Å²) in [6.45, 7) is 9.33. The lowest BCUT2D eigenvalue weighted by molar-refractivity contribution is -0.157. The summed E-state index contributed by atoms with van der Waals surface area (Å²) in [6.07, 6.45) is 3.97. The second-order valence-electron chi connectivity index (χ2n) is 10.3. The van der Waals surface area contributed by atoms with Gasteiger partial charge in [-0.15, -0.1) is 0 Å². The molecule has 2 aromatic carbocycles. The average molecular weight is 512 g/mol. The predicted molar refractivity (Wildman–Crippen MR) is 144 cm³/mol. The van der Waals surface area contributed by atoms with Gasteiger partial charge in [0.1, 0.15) is 17.2 Å². The van der Waals surface area contributed by atoms with Gasteiger partial charge < -0.3 is 18.8 Å². The topological polar surface area (TPSA) is 66.8 Å². The number of fused-ring (bicyclic) bond motifs is 1. The standard InChI is InChI=1S/C30H38FNO5/c1-8-10-19(11-9-2)27-22-14-12-20(29(34)35-7)16-24(22)32(6)28(27)23-15-13-21(31)17-25(23)36-18-26(33)37-30(3,4)5/h12-17,19H,8-11,18H2,1-7H3. The maximum Gasteiger partial charge on any atom is 0.344 e. The van der Waals surface area contributed by atoms with Crippen LogP contribution in [0.5, 0.6) is 5.75 Å². The Hall–Kier alpha value is -3.35. The van der Waals surface area contributed by atoms with Gasteiger partial charge in [0.05, 0.1) is 18.4 Å². The first-order valence-corrected chi connectivity index (χ1v) is 12.9. The average Bonchev–Trinajstić information content (AvgIpc) is 3.12. The molecule has 0 spiro atoms. The van der Waals surface area contributed by atoms with Gasteiger partial charge in [0, 0.05) is 29.6 Å². The van der Waals surface area contributed by atoms with Crippen LogP contribution in [-0.4, -0.2) is 35.8 Å². The number of nitrogens with zero attached hydrogens (tertiary/aromatic N) is 1. The van der Waals surface area contributed by atoms with E-state index in [-0.39, 0.29) is 18.3 Å². The molecule has 0 aliphatic heterocycles. The summed E-state index contributed by atoms with van der Waals surface area (Å²) < 4.78 is 32.6. The number of aromatic nitrogens is 1. The summed E-state index contributed by atoms with van der Waals surface area (Å²) in [6, 6.07) is 9.95. The maximum atomic E-state index is 14.4. The van der Waals surface area contributed by atoms with Gasteiger partial charge in [0.25, 0.3) is 0 Å². The zero-order chi connectivity index (χ0) is 27.3. The fourth-order valence-electron chi connectivity index (χ4n) is 4.90. The second kappa shape index (κ2) is 11.8. The monoisotopic (exact) mass is 511 g/mol. The highest BCUT2D eigenvalue weighted by Crippen LogP contribution is 2.44. The van der Waals surface area contributed by atoms with Crippen molar-refractivity contribution in [3.63, 3.8) is 0 Å². The van der Waals surface area contributed by atoms with Crippen LogP contribution in [0.25, 0.3) is 22.2 Å². The van der Waals surface area contributed by atoms with Crippen LogP contribution in [0.2, 0.25) is 0 Å². The Labute approximate surface area is 218 Å². The smallest absolute Gasteiger partial charge is 0.344 e. The van der Waals surface area contributed by atoms with Gasteiger partial charge in [0.15, 0.2) is 6.61 Å². The van der Waals surface area contributed by atoms with Crippen LogP contribution in [0.3, 0.4) is 0 Å². The first-order valence-electron chi connectivity index (χ1n) is 12.9. The number of ether oxygens (including phenoxy) is 3. The molecule has 0 atom stereocenters. The lowest BCUT2D eigenvalue weighted by Crippen LogP contribution is -2.27. The maximum absolute atomic E-state index is 14.4. The second-order valence-corrected chi connectivity index (χ2v) is 10.3. The highest BCUT2D eigenvalue weighted by Gasteiger charge is 2.26. The predicted octanol–water partition coefficient (Wildman–Crippen LogP) is 7.18. The van der Waals surface area contributed by atoms with Crippen molar-refractivity contribution in [2.24, 2.45) is 7.05 Å². The highest BCUT2D eigenvalue weighted by atomic mass is 19.1. The van der Waals surface area contributed by atoms with E-state index in [1.54, 1.807) is 32.9 Å². The van der Waals surface area contributed by atoms with Crippen molar-refractivity contribution >= 4 is 22.8 Å². The van der Waals surface area contributed by atoms with E-state index in [1.165, 1.54) is 19.2 Å². The number of halogens is 1. The van der Waals surface area contributed by atoms with Gasteiger partial charge >= 0.3 is 11.9 Å². The summed E-state index contributed by atoms with van der Waals surface area (Å²) in [4.78, 5) is 24.6. The van der Waals surface area contributed by atoms with E-state index in [4.69, 9.17) is 14.2 Å². The molecule has 0 aliphatic rings. The van der Waals surface area contributed by atoms with Crippen molar-refractivity contribution in [3.8, 4) is 17.0 Å². The van der Waals surface area contributed by atoms with E-state index in [9.17, 15) is 14.0 Å². The van der Waals surface area contributed by atoms with Gasteiger partial charge in [-0.1, -0.05) is 32.8 Å². The molecule has 0 aliphatic carbocycles. The molecule has 7 heteroatoms. The van der Waals surface area contributed by atoms with E-state index in [1.807, 2.05) is 23.7 Å². The van der Waals surface area contributed by atoms with Crippen molar-refractivity contribution in [2.75, 3.05) is 13.7 Å². The van der Waals surface area contributed by atoms with Crippen LogP contribution < -0.4 is 4.74 Å². The number of aryl methyl sites for hydroxylation is 1. The number of carbonyl (C=O) groups excluding carboxylic acids is 2. The Balaban J connectivity index is 2.22. The Morgan fingerprint density at radius 1 is 1.03 bits per heavy atom. The van der Waals surface area contributed by atoms with E-state index < -0.39 is 23.4 Å². The van der Waals surface area contributed by atoms with Crippen LogP contribution in [0.15, 0.2) is 36.4 Å². The number of rotatable bonds is 10. The molecule has 3 rings (SSSR count). The molecule has 0 amide bonds. The minimum atomic E-state index is -0.654. The van der Waals surface area contributed by atoms with Crippen molar-refractivity contribution in [1.82, 2.24) is 4.57 Å². The number of hydrogen-bond acceptors (Lipinski definition) is 5. The van der Waals surface area contributed by atoms with Crippen LogP contribution in [-0.2, 0) is 21.3 Å². The minimum Gasteiger partial charge on any atom is -0.481 e. The lowest BCUT2D eigenvalue weighted by atomic mass is 9.86. The number of carbonyl (C=O) groups is 2. The van der Waals surface area contributed by atoms with Gasteiger partial charge in [-0.05, 0) is 69.4 Å². The van der Waals surface area contributed by atoms with E-state index >= 15 is 0 Å². The van der Waals surface area contributed by atoms with Crippen LogP contribution in [0.1, 0.15) is 82.1 Å². The van der Waals surface area contributed by atoms with Gasteiger partial charge in [-0.2, -0.15) is 0 Å². The summed E-state index contributed by atoms with van der Waals surface area (Å²) in [7, 11) is 3.29. The third kappa shape index (κ3) is 6.51. The normalized spacial score (nSPS) is 11.7. The van der Waals surface area contributed by atoms with Crippen LogP contribution in [0, 0.1) is 5.82 Å². The molecule has 0 unspecified atom stereocenters. The van der Waals surface area contributed by atoms with Crippen molar-refractivity contribution in [2.45, 2.75) is 71.8 Å². The molecule has 0 bridgehead atoms. The Morgan fingerprint density at radius 3 is 2.30 bits per heavy atom. The molecule has 0 radical (unpaired) electrons. The van der Waals surface area contributed by atoms with Gasteiger partial charge in [-0.3, -0.25) is 0 Å². The van der Waals surface area contributed by atoms with Crippen LogP contribution >= 0.6 is 0 Å². The molecule has 6 nitrogen and oxygen atoms in total. The number of hydrogen-bond donors (Lipinski definition) is 0. The first kappa shape index (κ1) is 28.2. The summed E-state index contributed by atoms with van der Waals surface area (Å²) in [5, 5.41) is 1.03. The minimum absolute atomic E-state index is 0.251. The molecule has 0 N–H and O–H groups in total. The molecular formula is C30H38FNO5. The molecule has 1 heterocycles. The quantitative estimate of drug-likeness (QED) is 0.270. The van der Waals surface area contributed by atoms with Crippen LogP contribution in [0.4, 0.5) is 4.39 Å². The zero-order valence-electron chi connectivity index (χ0n) is 22.9. The highest BCUT2D eigenvalue weighted by molar-refractivity contribution is 5.99. The zero-order valence-corrected chi connectivity index (χ0v) is 22.9. The Morgan fingerprint density at radius 2 is 1.70 bits per heavy atom. The largest absolute Gasteiger partial charge is 0.481 e. The molecule has 200 valence electrons. The van der Waals surface area contributed by atoms with Gasteiger partial charge in [-0.25, -0.2) is 14.0 Å². The van der Waals surface area contributed by atoms with Crippen molar-refractivity contribution < 1.29 is 28.2 Å². The number of benzene rings is 2. The number of esters is 2. The molecule has 3 aromatic rings. The van der Waals surface area contributed by atoms with E-state index in [2.05, 4.69) is 13.8 Å². The fraction of sp³-hybridized carbons (Fsp3) is 0.467. The lowest BCUT2D eigenvalue weighted by Gasteiger charge is -2.21. The third-order valence-electron chi connectivity index (χ3n) is 6.31. The summed E-state index contributed by atoms with van der Waals surface area (Å²) in [5.74, 6) is -0.889. The molecule has 37 heavy (non-hydrogen) atoms. The Bertz CT molecular complexity index is 1270. The van der Waals surface area contributed by atoms with Crippen molar-refractivity contribution in [1.29, 1.82) is 0 Å². The van der Waals surface area contributed by atoms with E-state index in [0.29, 0.717) is 11.1 Å². The first-order chi connectivity index (χ1) is 17.5. The molecule has 0 fully saturated rings. The number of methoxy groups -OCH3 is 1. The van der Waals surface area contributed by atoms with E-state index in [0.717, 1.165) is 47.8 Å². The molecule has 0 saturated heterocycles. The molecule has 1 aromatic heterocycles. The van der Waals surface area contributed by atoms with Gasteiger partial charge in [0.2, 0.25) is 0 Å². The van der Waals surface area contributed by atoms with Crippen molar-refractivity contribution in [3.05, 3.63) is 53.3 Å². The SMILES string of the molecule is CCCC(CCC)c1c(-c2ccc(F)cc2OCC(=O)OC(C)(C)C)n(C)c2cc(C(=O)OC)ccc12. The fourth-order valence-corrected chi connectivity index (χ4v) is 4.90. The summed E-state index contributed by atoms with van der Waals surface area (Å²) >= 11 is 0. The summed E-state index contributed by atoms with van der Waals surface area (Å²) in [5.41, 5.74) is 3.35. The Kier molecular flexibility index (Phi) is 9.00.